The van der Waals surface area contributed by atoms with E-state index in [0.29, 0.717) is 25.3 Å². The average Bonchev–Trinajstić information content (AvgIpc) is 2.90. The molecule has 5 nitrogen and oxygen atoms in total. The van der Waals surface area contributed by atoms with Crippen molar-refractivity contribution in [2.75, 3.05) is 6.54 Å². The van der Waals surface area contributed by atoms with Gasteiger partial charge in [-0.1, -0.05) is 25.1 Å². The normalized spacial score (nSPS) is 27.9. The third-order valence-electron chi connectivity index (χ3n) is 4.36. The Morgan fingerprint density at radius 1 is 1.33 bits per heavy atom. The lowest BCUT2D eigenvalue weighted by molar-refractivity contribution is -0.156. The summed E-state index contributed by atoms with van der Waals surface area (Å²) in [7, 11) is 0. The van der Waals surface area contributed by atoms with Gasteiger partial charge in [0.2, 0.25) is 0 Å². The van der Waals surface area contributed by atoms with Gasteiger partial charge in [-0.3, -0.25) is 4.79 Å². The fourth-order valence-corrected chi connectivity index (χ4v) is 3.14. The fraction of sp³-hybridized carbons (Fsp3) is 0.500. The number of ether oxygens (including phenoxy) is 1. The quantitative estimate of drug-likeness (QED) is 0.900. The van der Waals surface area contributed by atoms with E-state index in [1.54, 1.807) is 0 Å². The predicted molar refractivity (Wildman–Crippen MR) is 76.1 cm³/mol. The topological polar surface area (TPSA) is 66.8 Å². The molecule has 1 aromatic rings. The van der Waals surface area contributed by atoms with Gasteiger partial charge in [-0.25, -0.2) is 4.79 Å². The van der Waals surface area contributed by atoms with Gasteiger partial charge < -0.3 is 14.7 Å². The van der Waals surface area contributed by atoms with Crippen LogP contribution in [0.3, 0.4) is 0 Å². The Bertz CT molecular complexity index is 546. The number of para-hydroxylation sites is 1. The monoisotopic (exact) mass is 289 g/mol. The third kappa shape index (κ3) is 2.60. The van der Waals surface area contributed by atoms with Crippen molar-refractivity contribution in [1.29, 1.82) is 0 Å². The van der Waals surface area contributed by atoms with E-state index in [-0.39, 0.29) is 5.91 Å². The minimum atomic E-state index is -0.926. The van der Waals surface area contributed by atoms with Crippen LogP contribution in [0.1, 0.15) is 25.3 Å². The van der Waals surface area contributed by atoms with Crippen molar-refractivity contribution in [3.63, 3.8) is 0 Å². The number of rotatable bonds is 2. The number of carboxylic acid groups (broad SMARTS) is 1. The molecule has 1 N–H and O–H groups in total. The van der Waals surface area contributed by atoms with Gasteiger partial charge in [0.1, 0.15) is 11.8 Å². The molecule has 2 aliphatic rings. The number of carbonyl (C=O) groups excluding carboxylic acids is 1. The van der Waals surface area contributed by atoms with Gasteiger partial charge in [0, 0.05) is 13.0 Å². The molecule has 1 aromatic carbocycles. The van der Waals surface area contributed by atoms with Gasteiger partial charge in [0.25, 0.3) is 5.91 Å². The highest BCUT2D eigenvalue weighted by atomic mass is 16.5. The Morgan fingerprint density at radius 2 is 2.10 bits per heavy atom. The molecular formula is C16H19NO4. The first kappa shape index (κ1) is 13.9. The number of amides is 1. The summed E-state index contributed by atoms with van der Waals surface area (Å²) in [5.41, 5.74) is 1.01. The summed E-state index contributed by atoms with van der Waals surface area (Å²) in [5.74, 6) is -0.0687. The van der Waals surface area contributed by atoms with E-state index in [9.17, 15) is 14.7 Å². The van der Waals surface area contributed by atoms with Gasteiger partial charge in [0.05, 0.1) is 0 Å². The van der Waals surface area contributed by atoms with Crippen molar-refractivity contribution in [2.45, 2.75) is 38.3 Å². The summed E-state index contributed by atoms with van der Waals surface area (Å²) >= 11 is 0. The van der Waals surface area contributed by atoms with E-state index in [4.69, 9.17) is 4.74 Å². The lowest BCUT2D eigenvalue weighted by Gasteiger charge is -2.37. The van der Waals surface area contributed by atoms with Gasteiger partial charge in [-0.15, -0.1) is 0 Å². The second-order valence-corrected chi connectivity index (χ2v) is 5.93. The Hall–Kier alpha value is -2.04. The molecule has 0 radical (unpaired) electrons. The summed E-state index contributed by atoms with van der Waals surface area (Å²) in [5, 5.41) is 9.36. The van der Waals surface area contributed by atoms with E-state index in [0.717, 1.165) is 17.7 Å². The van der Waals surface area contributed by atoms with Crippen molar-refractivity contribution in [1.82, 2.24) is 4.90 Å². The minimum absolute atomic E-state index is 0.203. The highest BCUT2D eigenvalue weighted by Crippen LogP contribution is 2.31. The van der Waals surface area contributed by atoms with Crippen molar-refractivity contribution < 1.29 is 19.4 Å². The first-order valence-electron chi connectivity index (χ1n) is 7.34. The first-order valence-corrected chi connectivity index (χ1v) is 7.34. The molecule has 3 atom stereocenters. The van der Waals surface area contributed by atoms with Crippen LogP contribution < -0.4 is 4.74 Å². The molecule has 2 aliphatic heterocycles. The molecule has 5 heteroatoms. The van der Waals surface area contributed by atoms with Crippen LogP contribution in [-0.4, -0.2) is 40.6 Å². The molecule has 1 amide bonds. The summed E-state index contributed by atoms with van der Waals surface area (Å²) in [6.45, 7) is 2.52. The van der Waals surface area contributed by atoms with Crippen LogP contribution in [0.5, 0.6) is 5.75 Å². The lowest BCUT2D eigenvalue weighted by Crippen LogP contribution is -2.53. The SMILES string of the molecule is CC1CCN(C(=O)C2Cc3ccccc3O2)C(C(=O)O)C1. The number of likely N-dealkylation sites (tertiary alicyclic amines) is 1. The van der Waals surface area contributed by atoms with Crippen molar-refractivity contribution in [2.24, 2.45) is 5.92 Å². The van der Waals surface area contributed by atoms with Gasteiger partial charge in [0.15, 0.2) is 6.10 Å². The van der Waals surface area contributed by atoms with Crippen LogP contribution >= 0.6 is 0 Å². The maximum Gasteiger partial charge on any atom is 0.326 e. The number of piperidine rings is 1. The average molecular weight is 289 g/mol. The zero-order chi connectivity index (χ0) is 15.0. The Labute approximate surface area is 123 Å². The number of aliphatic carboxylic acids is 1. The number of benzene rings is 1. The smallest absolute Gasteiger partial charge is 0.326 e. The maximum absolute atomic E-state index is 12.6. The zero-order valence-electron chi connectivity index (χ0n) is 12.0. The molecular weight excluding hydrogens is 270 g/mol. The maximum atomic E-state index is 12.6. The Morgan fingerprint density at radius 3 is 2.81 bits per heavy atom. The summed E-state index contributed by atoms with van der Waals surface area (Å²) in [6.07, 6.45) is 1.29. The molecule has 0 bridgehead atoms. The van der Waals surface area contributed by atoms with E-state index < -0.39 is 18.1 Å². The Balaban J connectivity index is 1.75. The number of carbonyl (C=O) groups is 2. The van der Waals surface area contributed by atoms with Crippen LogP contribution in [0.25, 0.3) is 0 Å². The zero-order valence-corrected chi connectivity index (χ0v) is 12.0. The summed E-state index contributed by atoms with van der Waals surface area (Å²) < 4.78 is 5.69. The van der Waals surface area contributed by atoms with Crippen LogP contribution in [0.2, 0.25) is 0 Å². The largest absolute Gasteiger partial charge is 0.480 e. The van der Waals surface area contributed by atoms with Crippen LogP contribution in [0.15, 0.2) is 24.3 Å². The Kier molecular flexibility index (Phi) is 3.57. The van der Waals surface area contributed by atoms with Crippen molar-refractivity contribution in [3.05, 3.63) is 29.8 Å². The third-order valence-corrected chi connectivity index (χ3v) is 4.36. The number of hydrogen-bond donors (Lipinski definition) is 1. The lowest BCUT2D eigenvalue weighted by atomic mass is 9.92. The minimum Gasteiger partial charge on any atom is -0.480 e. The molecule has 2 heterocycles. The predicted octanol–water partition coefficient (Wildman–Crippen LogP) is 1.70. The van der Waals surface area contributed by atoms with Crippen molar-refractivity contribution >= 4 is 11.9 Å². The molecule has 21 heavy (non-hydrogen) atoms. The molecule has 3 rings (SSSR count). The van der Waals surface area contributed by atoms with E-state index >= 15 is 0 Å². The molecule has 0 aromatic heterocycles. The molecule has 0 spiro atoms. The van der Waals surface area contributed by atoms with E-state index in [1.165, 1.54) is 4.90 Å². The standard InChI is InChI=1S/C16H19NO4/c1-10-6-7-17(12(8-10)16(19)20)15(18)14-9-11-4-2-3-5-13(11)21-14/h2-5,10,12,14H,6-9H2,1H3,(H,19,20). The van der Waals surface area contributed by atoms with E-state index in [2.05, 4.69) is 0 Å². The van der Waals surface area contributed by atoms with Gasteiger partial charge in [-0.05, 0) is 30.4 Å². The second kappa shape index (κ2) is 5.39. The number of hydrogen-bond acceptors (Lipinski definition) is 3. The van der Waals surface area contributed by atoms with Gasteiger partial charge in [-0.2, -0.15) is 0 Å². The highest BCUT2D eigenvalue weighted by Gasteiger charge is 2.40. The summed E-state index contributed by atoms with van der Waals surface area (Å²) in [4.78, 5) is 25.5. The molecule has 1 fully saturated rings. The number of nitrogens with zero attached hydrogens (tertiary/aromatic N) is 1. The summed E-state index contributed by atoms with van der Waals surface area (Å²) in [6, 6.07) is 6.84. The highest BCUT2D eigenvalue weighted by molar-refractivity contribution is 5.87. The van der Waals surface area contributed by atoms with Crippen LogP contribution in [0.4, 0.5) is 0 Å². The molecule has 112 valence electrons. The van der Waals surface area contributed by atoms with Crippen molar-refractivity contribution in [3.8, 4) is 5.75 Å². The molecule has 0 aliphatic carbocycles. The van der Waals surface area contributed by atoms with Crippen LogP contribution in [0, 0.1) is 5.92 Å². The molecule has 3 unspecified atom stereocenters. The second-order valence-electron chi connectivity index (χ2n) is 5.93. The van der Waals surface area contributed by atoms with Gasteiger partial charge >= 0.3 is 5.97 Å². The number of fused-ring (bicyclic) bond motifs is 1. The van der Waals surface area contributed by atoms with E-state index in [1.807, 2.05) is 31.2 Å². The first-order chi connectivity index (χ1) is 10.1. The number of carboxylic acids is 1. The van der Waals surface area contributed by atoms with Crippen LogP contribution in [-0.2, 0) is 16.0 Å². The fourth-order valence-electron chi connectivity index (χ4n) is 3.14. The molecule has 0 saturated carbocycles. The molecule has 1 saturated heterocycles.